The molecule has 0 saturated carbocycles. The number of ether oxygens (including phenoxy) is 1. The lowest BCUT2D eigenvalue weighted by atomic mass is 10.2. The first-order valence-electron chi connectivity index (χ1n) is 10.2. The van der Waals surface area contributed by atoms with Crippen molar-refractivity contribution in [3.63, 3.8) is 0 Å². The Bertz CT molecular complexity index is 921. The smallest absolute Gasteiger partial charge is 0.274 e. The van der Waals surface area contributed by atoms with Gasteiger partial charge in [-0.15, -0.1) is 0 Å². The van der Waals surface area contributed by atoms with Crippen molar-refractivity contribution in [2.45, 2.75) is 31.8 Å². The van der Waals surface area contributed by atoms with Crippen LogP contribution >= 0.6 is 23.2 Å². The fourth-order valence-corrected chi connectivity index (χ4v) is 4.15. The molecule has 160 valence electrons. The van der Waals surface area contributed by atoms with Gasteiger partial charge in [-0.3, -0.25) is 9.59 Å². The molecule has 1 aromatic heterocycles. The molecule has 30 heavy (non-hydrogen) atoms. The number of amides is 2. The molecular weight excluding hydrogens is 427 g/mol. The summed E-state index contributed by atoms with van der Waals surface area (Å²) in [6.07, 6.45) is 5.54. The first-order valence-corrected chi connectivity index (χ1v) is 11.0. The molecule has 1 unspecified atom stereocenters. The lowest BCUT2D eigenvalue weighted by molar-refractivity contribution is -0.131. The number of rotatable bonds is 6. The van der Waals surface area contributed by atoms with Gasteiger partial charge < -0.3 is 14.5 Å². The van der Waals surface area contributed by atoms with Crippen LogP contribution in [0.15, 0.2) is 30.5 Å². The van der Waals surface area contributed by atoms with Gasteiger partial charge >= 0.3 is 0 Å². The minimum Gasteiger partial charge on any atom is -0.376 e. The second-order valence-corrected chi connectivity index (χ2v) is 8.47. The zero-order valence-electron chi connectivity index (χ0n) is 16.6. The Morgan fingerprint density at radius 3 is 2.63 bits per heavy atom. The zero-order chi connectivity index (χ0) is 21.1. The summed E-state index contributed by atoms with van der Waals surface area (Å²) in [6, 6.07) is 6.79. The summed E-state index contributed by atoms with van der Waals surface area (Å²) in [5.41, 5.74) is 0.968. The number of benzene rings is 1. The molecule has 2 saturated heterocycles. The van der Waals surface area contributed by atoms with Crippen LogP contribution in [0.3, 0.4) is 0 Å². The Morgan fingerprint density at radius 2 is 1.93 bits per heavy atom. The predicted molar refractivity (Wildman–Crippen MR) is 114 cm³/mol. The van der Waals surface area contributed by atoms with Crippen molar-refractivity contribution in [2.24, 2.45) is 0 Å². The highest BCUT2D eigenvalue weighted by atomic mass is 35.5. The van der Waals surface area contributed by atoms with E-state index in [-0.39, 0.29) is 30.2 Å². The van der Waals surface area contributed by atoms with Crippen molar-refractivity contribution >= 4 is 35.0 Å². The number of carbonyl (C=O) groups is 2. The van der Waals surface area contributed by atoms with E-state index in [2.05, 4.69) is 5.10 Å². The average Bonchev–Trinajstić information content (AvgIpc) is 3.50. The number of carbonyl (C=O) groups excluding carboxylic acids is 2. The molecule has 7 nitrogen and oxygen atoms in total. The molecule has 2 aliphatic rings. The molecule has 2 aliphatic heterocycles. The summed E-state index contributed by atoms with van der Waals surface area (Å²) < 4.78 is 7.28. The van der Waals surface area contributed by atoms with Gasteiger partial charge in [0.1, 0.15) is 6.54 Å². The lowest BCUT2D eigenvalue weighted by Gasteiger charge is -2.26. The van der Waals surface area contributed by atoms with Crippen LogP contribution in [0.4, 0.5) is 0 Å². The molecule has 1 aromatic carbocycles. The monoisotopic (exact) mass is 450 g/mol. The van der Waals surface area contributed by atoms with E-state index in [4.69, 9.17) is 27.9 Å². The van der Waals surface area contributed by atoms with E-state index in [9.17, 15) is 9.59 Å². The minimum absolute atomic E-state index is 0.0252. The van der Waals surface area contributed by atoms with E-state index in [1.54, 1.807) is 40.0 Å². The normalized spacial score (nSPS) is 18.7. The molecule has 2 fully saturated rings. The number of halogens is 2. The van der Waals surface area contributed by atoms with Crippen LogP contribution in [0.1, 0.15) is 36.2 Å². The van der Waals surface area contributed by atoms with Gasteiger partial charge in [0.15, 0.2) is 5.69 Å². The summed E-state index contributed by atoms with van der Waals surface area (Å²) in [4.78, 5) is 29.3. The van der Waals surface area contributed by atoms with Crippen LogP contribution in [0.25, 0.3) is 5.69 Å². The number of hydrogen-bond donors (Lipinski definition) is 0. The van der Waals surface area contributed by atoms with Crippen LogP contribution < -0.4 is 0 Å². The first-order chi connectivity index (χ1) is 14.5. The predicted octanol–water partition coefficient (Wildman–Crippen LogP) is 3.42. The van der Waals surface area contributed by atoms with Crippen molar-refractivity contribution in [2.75, 3.05) is 32.8 Å². The van der Waals surface area contributed by atoms with Crippen LogP contribution in [0.5, 0.6) is 0 Å². The molecule has 0 N–H and O–H groups in total. The van der Waals surface area contributed by atoms with Crippen LogP contribution in [-0.2, 0) is 9.53 Å². The topological polar surface area (TPSA) is 67.7 Å². The standard InChI is InChI=1S/C21H24Cl2N4O3/c22-17-6-5-15(12-18(17)23)27-10-7-19(24-27)21(29)26(13-16-4-3-11-30-16)14-20(28)25-8-1-2-9-25/h5-7,10,12,16H,1-4,8-9,11,13-14H2. The van der Waals surface area contributed by atoms with E-state index in [1.807, 2.05) is 4.90 Å². The van der Waals surface area contributed by atoms with E-state index < -0.39 is 0 Å². The molecule has 9 heteroatoms. The van der Waals surface area contributed by atoms with E-state index >= 15 is 0 Å². The number of likely N-dealkylation sites (tertiary alicyclic amines) is 1. The van der Waals surface area contributed by atoms with Gasteiger partial charge in [-0.25, -0.2) is 4.68 Å². The molecule has 1 atom stereocenters. The highest BCUT2D eigenvalue weighted by Crippen LogP contribution is 2.24. The van der Waals surface area contributed by atoms with E-state index in [0.29, 0.717) is 28.9 Å². The fourth-order valence-electron chi connectivity index (χ4n) is 3.85. The Labute approximate surface area is 185 Å². The fraction of sp³-hybridized carbons (Fsp3) is 0.476. The molecule has 0 spiro atoms. The van der Waals surface area contributed by atoms with Crippen molar-refractivity contribution in [3.05, 3.63) is 46.2 Å². The van der Waals surface area contributed by atoms with Crippen molar-refractivity contribution in [3.8, 4) is 5.69 Å². The minimum atomic E-state index is -0.281. The third kappa shape index (κ3) is 4.79. The van der Waals surface area contributed by atoms with Crippen LogP contribution in [0, 0.1) is 0 Å². The molecule has 0 aliphatic carbocycles. The Kier molecular flexibility index (Phi) is 6.61. The third-order valence-corrected chi connectivity index (χ3v) is 6.24. The van der Waals surface area contributed by atoms with Crippen molar-refractivity contribution in [1.29, 1.82) is 0 Å². The Hall–Kier alpha value is -2.09. The van der Waals surface area contributed by atoms with Gasteiger partial charge in [0, 0.05) is 32.4 Å². The zero-order valence-corrected chi connectivity index (χ0v) is 18.1. The molecule has 0 radical (unpaired) electrons. The van der Waals surface area contributed by atoms with Crippen LogP contribution in [-0.4, -0.2) is 70.3 Å². The van der Waals surface area contributed by atoms with Gasteiger partial charge in [0.05, 0.1) is 21.8 Å². The molecular formula is C21H24Cl2N4O3. The SMILES string of the molecule is O=C(CN(CC1CCCO1)C(=O)c1ccn(-c2ccc(Cl)c(Cl)c2)n1)N1CCCC1. The largest absolute Gasteiger partial charge is 0.376 e. The summed E-state index contributed by atoms with van der Waals surface area (Å²) >= 11 is 12.1. The highest BCUT2D eigenvalue weighted by molar-refractivity contribution is 6.42. The van der Waals surface area contributed by atoms with Crippen molar-refractivity contribution in [1.82, 2.24) is 19.6 Å². The van der Waals surface area contributed by atoms with E-state index in [0.717, 1.165) is 38.8 Å². The van der Waals surface area contributed by atoms with Gasteiger partial charge in [-0.1, -0.05) is 23.2 Å². The van der Waals surface area contributed by atoms with Crippen LogP contribution in [0.2, 0.25) is 10.0 Å². The molecule has 4 rings (SSSR count). The maximum absolute atomic E-state index is 13.2. The first kappa shape index (κ1) is 21.2. The molecule has 3 heterocycles. The Morgan fingerprint density at radius 1 is 1.13 bits per heavy atom. The maximum atomic E-state index is 13.2. The van der Waals surface area contributed by atoms with Gasteiger partial charge in [0.25, 0.3) is 5.91 Å². The second-order valence-electron chi connectivity index (χ2n) is 7.65. The highest BCUT2D eigenvalue weighted by Gasteiger charge is 2.28. The Balaban J connectivity index is 1.52. The summed E-state index contributed by atoms with van der Waals surface area (Å²) in [5, 5.41) is 5.27. The van der Waals surface area contributed by atoms with Gasteiger partial charge in [-0.2, -0.15) is 5.10 Å². The summed E-state index contributed by atoms with van der Waals surface area (Å²) in [7, 11) is 0. The summed E-state index contributed by atoms with van der Waals surface area (Å²) in [6.45, 7) is 2.63. The van der Waals surface area contributed by atoms with E-state index in [1.165, 1.54) is 0 Å². The molecule has 2 amide bonds. The summed E-state index contributed by atoms with van der Waals surface area (Å²) in [5.74, 6) is -0.306. The number of nitrogens with zero attached hydrogens (tertiary/aromatic N) is 4. The quantitative estimate of drug-likeness (QED) is 0.675. The van der Waals surface area contributed by atoms with Gasteiger partial charge in [0.2, 0.25) is 5.91 Å². The third-order valence-electron chi connectivity index (χ3n) is 5.50. The maximum Gasteiger partial charge on any atom is 0.274 e. The second kappa shape index (κ2) is 9.37. The average molecular weight is 451 g/mol. The van der Waals surface area contributed by atoms with Crippen molar-refractivity contribution < 1.29 is 14.3 Å². The molecule has 0 bridgehead atoms. The number of hydrogen-bond acceptors (Lipinski definition) is 4. The van der Waals surface area contributed by atoms with Gasteiger partial charge in [-0.05, 0) is 49.9 Å². The lowest BCUT2D eigenvalue weighted by Crippen LogP contribution is -2.45. The number of aromatic nitrogens is 2. The molecule has 2 aromatic rings.